The zero-order chi connectivity index (χ0) is 12.6. The lowest BCUT2D eigenvalue weighted by atomic mass is 9.94. The first-order valence-corrected chi connectivity index (χ1v) is 6.39. The summed E-state index contributed by atoms with van der Waals surface area (Å²) in [5.74, 6) is 0.0637. The van der Waals surface area contributed by atoms with Gasteiger partial charge in [-0.1, -0.05) is 17.7 Å². The van der Waals surface area contributed by atoms with E-state index in [1.807, 2.05) is 29.2 Å². The molecule has 96 valence electrons. The van der Waals surface area contributed by atoms with E-state index in [9.17, 15) is 4.79 Å². The summed E-state index contributed by atoms with van der Waals surface area (Å²) < 4.78 is 5.46. The molecule has 2 saturated heterocycles. The van der Waals surface area contributed by atoms with Crippen LogP contribution in [0.5, 0.6) is 0 Å². The van der Waals surface area contributed by atoms with E-state index in [0.717, 1.165) is 25.2 Å². The summed E-state index contributed by atoms with van der Waals surface area (Å²) in [4.78, 5) is 14.2. The van der Waals surface area contributed by atoms with Gasteiger partial charge >= 0.3 is 0 Å². The third-order valence-electron chi connectivity index (χ3n) is 3.83. The van der Waals surface area contributed by atoms with Crippen molar-refractivity contribution in [3.8, 4) is 0 Å². The lowest BCUT2D eigenvalue weighted by Crippen LogP contribution is -2.61. The summed E-state index contributed by atoms with van der Waals surface area (Å²) >= 11 is 0. The van der Waals surface area contributed by atoms with Crippen molar-refractivity contribution in [1.82, 2.24) is 5.32 Å². The highest BCUT2D eigenvalue weighted by Gasteiger charge is 2.46. The van der Waals surface area contributed by atoms with Gasteiger partial charge in [0, 0.05) is 12.2 Å². The molecule has 1 unspecified atom stereocenters. The highest BCUT2D eigenvalue weighted by Crippen LogP contribution is 2.32. The Labute approximate surface area is 107 Å². The summed E-state index contributed by atoms with van der Waals surface area (Å²) in [6, 6.07) is 8.15. The zero-order valence-corrected chi connectivity index (χ0v) is 10.6. The number of anilines is 1. The van der Waals surface area contributed by atoms with Crippen molar-refractivity contribution < 1.29 is 9.53 Å². The minimum atomic E-state index is -0.190. The van der Waals surface area contributed by atoms with Crippen LogP contribution in [0.3, 0.4) is 0 Å². The number of rotatable bonds is 1. The number of hydrogen-bond donors (Lipinski definition) is 1. The van der Waals surface area contributed by atoms with Crippen LogP contribution in [0, 0.1) is 6.92 Å². The number of hydrogen-bond acceptors (Lipinski definition) is 3. The molecule has 1 amide bonds. The molecule has 1 spiro atoms. The SMILES string of the molecule is Cc1ccc(N2C(=O)COCC23CCNC3)cc1. The number of nitrogens with zero attached hydrogens (tertiary/aromatic N) is 1. The van der Waals surface area contributed by atoms with Crippen LogP contribution in [0.4, 0.5) is 5.69 Å². The Kier molecular flexibility index (Phi) is 2.84. The lowest BCUT2D eigenvalue weighted by molar-refractivity contribution is -0.129. The summed E-state index contributed by atoms with van der Waals surface area (Å²) in [5, 5.41) is 3.34. The zero-order valence-electron chi connectivity index (χ0n) is 10.6. The number of nitrogens with one attached hydrogen (secondary N) is 1. The van der Waals surface area contributed by atoms with Gasteiger partial charge in [-0.05, 0) is 32.0 Å². The predicted molar refractivity (Wildman–Crippen MR) is 69.7 cm³/mol. The van der Waals surface area contributed by atoms with Crippen molar-refractivity contribution in [2.24, 2.45) is 0 Å². The average molecular weight is 246 g/mol. The van der Waals surface area contributed by atoms with Gasteiger partial charge in [0.1, 0.15) is 6.61 Å². The van der Waals surface area contributed by atoms with Gasteiger partial charge in [0.05, 0.1) is 12.1 Å². The molecular weight excluding hydrogens is 228 g/mol. The predicted octanol–water partition coefficient (Wildman–Crippen LogP) is 1.09. The third kappa shape index (κ3) is 1.82. The standard InChI is InChI=1S/C14H18N2O2/c1-11-2-4-12(5-3-11)16-13(17)8-18-10-14(16)6-7-15-9-14/h2-5,15H,6-10H2,1H3. The highest BCUT2D eigenvalue weighted by atomic mass is 16.5. The van der Waals surface area contributed by atoms with Gasteiger partial charge in [0.15, 0.2) is 0 Å². The van der Waals surface area contributed by atoms with E-state index in [2.05, 4.69) is 12.2 Å². The number of ether oxygens (including phenoxy) is 1. The Hall–Kier alpha value is -1.39. The Morgan fingerprint density at radius 2 is 2.11 bits per heavy atom. The van der Waals surface area contributed by atoms with Gasteiger partial charge in [-0.3, -0.25) is 4.79 Å². The first-order chi connectivity index (χ1) is 8.71. The molecule has 2 aliphatic rings. The van der Waals surface area contributed by atoms with E-state index in [-0.39, 0.29) is 18.1 Å². The molecule has 1 aromatic rings. The number of carbonyl (C=O) groups is 1. The molecule has 1 N–H and O–H groups in total. The number of benzene rings is 1. The maximum atomic E-state index is 12.2. The van der Waals surface area contributed by atoms with Crippen LogP contribution in [0.1, 0.15) is 12.0 Å². The average Bonchev–Trinajstić information content (AvgIpc) is 2.80. The van der Waals surface area contributed by atoms with Gasteiger partial charge in [-0.15, -0.1) is 0 Å². The first-order valence-electron chi connectivity index (χ1n) is 6.39. The van der Waals surface area contributed by atoms with Crippen molar-refractivity contribution in [2.75, 3.05) is 31.2 Å². The highest BCUT2D eigenvalue weighted by molar-refractivity contribution is 5.96. The molecule has 0 aromatic heterocycles. The van der Waals surface area contributed by atoms with Crippen molar-refractivity contribution in [3.63, 3.8) is 0 Å². The maximum absolute atomic E-state index is 12.2. The van der Waals surface area contributed by atoms with E-state index in [4.69, 9.17) is 4.74 Å². The molecule has 0 bridgehead atoms. The largest absolute Gasteiger partial charge is 0.369 e. The smallest absolute Gasteiger partial charge is 0.253 e. The minimum absolute atomic E-state index is 0.0637. The molecule has 2 fully saturated rings. The fourth-order valence-corrected chi connectivity index (χ4v) is 2.88. The molecule has 4 nitrogen and oxygen atoms in total. The lowest BCUT2D eigenvalue weighted by Gasteiger charge is -2.43. The van der Waals surface area contributed by atoms with E-state index in [0.29, 0.717) is 6.61 Å². The molecule has 3 rings (SSSR count). The normalized spacial score (nSPS) is 28.1. The van der Waals surface area contributed by atoms with Crippen LogP contribution >= 0.6 is 0 Å². The Bertz CT molecular complexity index is 449. The fourth-order valence-electron chi connectivity index (χ4n) is 2.88. The van der Waals surface area contributed by atoms with Crippen LogP contribution in [-0.4, -0.2) is 37.7 Å². The molecule has 0 saturated carbocycles. The van der Waals surface area contributed by atoms with E-state index < -0.39 is 0 Å². The molecule has 4 heteroatoms. The van der Waals surface area contributed by atoms with Crippen LogP contribution in [-0.2, 0) is 9.53 Å². The van der Waals surface area contributed by atoms with Crippen molar-refractivity contribution >= 4 is 11.6 Å². The Morgan fingerprint density at radius 3 is 2.78 bits per heavy atom. The second-order valence-electron chi connectivity index (χ2n) is 5.21. The second-order valence-corrected chi connectivity index (χ2v) is 5.21. The molecule has 2 aliphatic heterocycles. The molecule has 18 heavy (non-hydrogen) atoms. The molecule has 0 aliphatic carbocycles. The molecular formula is C14H18N2O2. The number of morpholine rings is 1. The number of aryl methyl sites for hydroxylation is 1. The Balaban J connectivity index is 1.99. The topological polar surface area (TPSA) is 41.6 Å². The summed E-state index contributed by atoms with van der Waals surface area (Å²) in [5.41, 5.74) is 2.00. The maximum Gasteiger partial charge on any atom is 0.253 e. The Morgan fingerprint density at radius 1 is 1.33 bits per heavy atom. The number of amides is 1. The molecule has 1 aromatic carbocycles. The van der Waals surface area contributed by atoms with Gasteiger partial charge < -0.3 is 15.0 Å². The van der Waals surface area contributed by atoms with Crippen molar-refractivity contribution in [1.29, 1.82) is 0 Å². The second kappa shape index (κ2) is 4.37. The molecule has 1 atom stereocenters. The van der Waals surface area contributed by atoms with Crippen molar-refractivity contribution in [3.05, 3.63) is 29.8 Å². The van der Waals surface area contributed by atoms with E-state index >= 15 is 0 Å². The van der Waals surface area contributed by atoms with Gasteiger partial charge in [-0.2, -0.15) is 0 Å². The first kappa shape index (κ1) is 11.7. The van der Waals surface area contributed by atoms with Crippen LogP contribution in [0.15, 0.2) is 24.3 Å². The van der Waals surface area contributed by atoms with E-state index in [1.165, 1.54) is 5.56 Å². The van der Waals surface area contributed by atoms with Crippen LogP contribution in [0.25, 0.3) is 0 Å². The van der Waals surface area contributed by atoms with Gasteiger partial charge in [0.2, 0.25) is 0 Å². The monoisotopic (exact) mass is 246 g/mol. The van der Waals surface area contributed by atoms with Crippen molar-refractivity contribution in [2.45, 2.75) is 18.9 Å². The quantitative estimate of drug-likeness (QED) is 0.806. The molecule has 2 heterocycles. The fraction of sp³-hybridized carbons (Fsp3) is 0.500. The summed E-state index contributed by atoms with van der Waals surface area (Å²) in [6.07, 6.45) is 0.951. The minimum Gasteiger partial charge on any atom is -0.369 e. The van der Waals surface area contributed by atoms with Gasteiger partial charge in [-0.25, -0.2) is 0 Å². The summed E-state index contributed by atoms with van der Waals surface area (Å²) in [7, 11) is 0. The third-order valence-corrected chi connectivity index (χ3v) is 3.83. The van der Waals surface area contributed by atoms with Crippen LogP contribution < -0.4 is 10.2 Å². The van der Waals surface area contributed by atoms with Crippen LogP contribution in [0.2, 0.25) is 0 Å². The summed E-state index contributed by atoms with van der Waals surface area (Å²) in [6.45, 7) is 4.62. The van der Waals surface area contributed by atoms with Gasteiger partial charge in [0.25, 0.3) is 5.91 Å². The number of carbonyl (C=O) groups excluding carboxylic acids is 1. The van der Waals surface area contributed by atoms with E-state index in [1.54, 1.807) is 0 Å². The molecule has 0 radical (unpaired) electrons.